The summed E-state index contributed by atoms with van der Waals surface area (Å²) in [4.78, 5) is 24.5. The van der Waals surface area contributed by atoms with Crippen LogP contribution < -0.4 is 11.1 Å². The number of nitrogens with one attached hydrogen (secondary N) is 1. The highest BCUT2D eigenvalue weighted by Crippen LogP contribution is 2.21. The molecule has 3 rings (SSSR count). The minimum absolute atomic E-state index is 0.0264. The summed E-state index contributed by atoms with van der Waals surface area (Å²) in [5.41, 5.74) is 2.35. The van der Waals surface area contributed by atoms with Crippen LogP contribution in [-0.2, 0) is 11.3 Å². The van der Waals surface area contributed by atoms with E-state index in [-0.39, 0.29) is 18.4 Å². The van der Waals surface area contributed by atoms with Crippen LogP contribution in [0.5, 0.6) is 0 Å². The first-order chi connectivity index (χ1) is 12.5. The van der Waals surface area contributed by atoms with Gasteiger partial charge in [-0.1, -0.05) is 56.3 Å². The van der Waals surface area contributed by atoms with Gasteiger partial charge in [-0.05, 0) is 30.0 Å². The number of hydrogen-bond donors (Lipinski definition) is 1. The Bertz CT molecular complexity index is 925. The third-order valence-electron chi connectivity index (χ3n) is 4.38. The minimum Gasteiger partial charge on any atom is -0.408 e. The second kappa shape index (κ2) is 8.04. The van der Waals surface area contributed by atoms with Gasteiger partial charge in [-0.15, -0.1) is 0 Å². The molecule has 2 aromatic carbocycles. The van der Waals surface area contributed by atoms with Gasteiger partial charge in [0.2, 0.25) is 5.91 Å². The van der Waals surface area contributed by atoms with E-state index in [1.165, 1.54) is 4.57 Å². The number of amides is 1. The molecule has 1 aromatic heterocycles. The highest BCUT2D eigenvalue weighted by atomic mass is 16.4. The van der Waals surface area contributed by atoms with Crippen molar-refractivity contribution < 1.29 is 9.21 Å². The molecule has 0 aliphatic carbocycles. The molecule has 0 bridgehead atoms. The van der Waals surface area contributed by atoms with Crippen LogP contribution in [0.15, 0.2) is 63.8 Å². The number of nitrogens with zero attached hydrogens (tertiary/aromatic N) is 1. The molecule has 1 heterocycles. The van der Waals surface area contributed by atoms with Crippen molar-refractivity contribution >= 4 is 17.0 Å². The summed E-state index contributed by atoms with van der Waals surface area (Å²) < 4.78 is 6.72. The van der Waals surface area contributed by atoms with E-state index >= 15 is 0 Å². The number of hydrogen-bond acceptors (Lipinski definition) is 3. The van der Waals surface area contributed by atoms with Crippen LogP contribution in [0.25, 0.3) is 11.1 Å². The van der Waals surface area contributed by atoms with Gasteiger partial charge in [-0.25, -0.2) is 4.79 Å². The Kier molecular flexibility index (Phi) is 5.56. The first-order valence-electron chi connectivity index (χ1n) is 8.97. The van der Waals surface area contributed by atoms with Gasteiger partial charge >= 0.3 is 5.76 Å². The van der Waals surface area contributed by atoms with Crippen LogP contribution in [0, 0.1) is 5.92 Å². The van der Waals surface area contributed by atoms with E-state index in [1.807, 2.05) is 48.5 Å². The maximum atomic E-state index is 12.5. The zero-order valence-corrected chi connectivity index (χ0v) is 15.1. The second-order valence-corrected chi connectivity index (χ2v) is 6.90. The minimum atomic E-state index is -0.430. The molecule has 0 aliphatic heterocycles. The van der Waals surface area contributed by atoms with Crippen LogP contribution in [0.3, 0.4) is 0 Å². The number of carbonyl (C=O) groups excluding carboxylic acids is 1. The number of fused-ring (bicyclic) bond motifs is 1. The Morgan fingerprint density at radius 2 is 1.77 bits per heavy atom. The quantitative estimate of drug-likeness (QED) is 0.702. The van der Waals surface area contributed by atoms with E-state index in [0.717, 1.165) is 12.0 Å². The molecule has 1 atom stereocenters. The van der Waals surface area contributed by atoms with Crippen molar-refractivity contribution in [2.24, 2.45) is 5.92 Å². The number of aromatic nitrogens is 1. The summed E-state index contributed by atoms with van der Waals surface area (Å²) in [6.07, 6.45) is 1.09. The van der Waals surface area contributed by atoms with E-state index in [0.29, 0.717) is 23.6 Å². The highest BCUT2D eigenvalue weighted by Gasteiger charge is 2.17. The zero-order valence-electron chi connectivity index (χ0n) is 15.1. The van der Waals surface area contributed by atoms with Crippen molar-refractivity contribution in [1.82, 2.24) is 9.88 Å². The van der Waals surface area contributed by atoms with Gasteiger partial charge in [0, 0.05) is 13.0 Å². The van der Waals surface area contributed by atoms with Crippen LogP contribution in [0.1, 0.15) is 38.3 Å². The second-order valence-electron chi connectivity index (χ2n) is 6.90. The third kappa shape index (κ3) is 4.23. The molecule has 0 saturated heterocycles. The number of benzene rings is 2. The summed E-state index contributed by atoms with van der Waals surface area (Å²) in [5.74, 6) is -0.0431. The van der Waals surface area contributed by atoms with Crippen molar-refractivity contribution in [1.29, 1.82) is 0 Å². The summed E-state index contributed by atoms with van der Waals surface area (Å²) in [5, 5.41) is 3.11. The van der Waals surface area contributed by atoms with Crippen LogP contribution in [0.2, 0.25) is 0 Å². The van der Waals surface area contributed by atoms with Gasteiger partial charge in [0.25, 0.3) is 0 Å². The van der Waals surface area contributed by atoms with Gasteiger partial charge in [-0.3, -0.25) is 9.36 Å². The van der Waals surface area contributed by atoms with Crippen molar-refractivity contribution in [2.75, 3.05) is 0 Å². The molecule has 0 unspecified atom stereocenters. The molecule has 3 aromatic rings. The molecule has 0 fully saturated rings. The van der Waals surface area contributed by atoms with Crippen LogP contribution in [0.4, 0.5) is 0 Å². The summed E-state index contributed by atoms with van der Waals surface area (Å²) >= 11 is 0. The molecule has 0 aliphatic rings. The van der Waals surface area contributed by atoms with Crippen molar-refractivity contribution in [3.8, 4) is 0 Å². The number of aryl methyl sites for hydroxylation is 1. The fourth-order valence-electron chi connectivity index (χ4n) is 3.14. The van der Waals surface area contributed by atoms with Gasteiger partial charge in [0.1, 0.15) is 0 Å². The molecule has 5 nitrogen and oxygen atoms in total. The lowest BCUT2D eigenvalue weighted by Gasteiger charge is -2.21. The summed E-state index contributed by atoms with van der Waals surface area (Å²) in [6, 6.07) is 17.2. The summed E-state index contributed by atoms with van der Waals surface area (Å²) in [7, 11) is 0. The number of oxazole rings is 1. The predicted molar refractivity (Wildman–Crippen MR) is 102 cm³/mol. The monoisotopic (exact) mass is 352 g/mol. The SMILES string of the molecule is CC(C)C[C@@H](NC(=O)CCn1c(=O)oc2ccccc21)c1ccccc1. The standard InChI is InChI=1S/C21H24N2O3/c1-15(2)14-17(16-8-4-3-5-9-16)22-20(24)12-13-23-18-10-6-7-11-19(18)26-21(23)25/h3-11,15,17H,12-14H2,1-2H3,(H,22,24)/t17-/m1/s1. The first-order valence-corrected chi connectivity index (χ1v) is 8.97. The lowest BCUT2D eigenvalue weighted by atomic mass is 9.97. The van der Waals surface area contributed by atoms with Crippen molar-refractivity contribution in [3.63, 3.8) is 0 Å². The maximum Gasteiger partial charge on any atom is 0.419 e. The van der Waals surface area contributed by atoms with E-state index in [9.17, 15) is 9.59 Å². The number of rotatable bonds is 7. The molecule has 136 valence electrons. The Balaban J connectivity index is 1.68. The summed E-state index contributed by atoms with van der Waals surface area (Å²) in [6.45, 7) is 4.57. The lowest BCUT2D eigenvalue weighted by molar-refractivity contribution is -0.122. The van der Waals surface area contributed by atoms with E-state index < -0.39 is 5.76 Å². The van der Waals surface area contributed by atoms with Gasteiger partial charge in [-0.2, -0.15) is 0 Å². The molecule has 0 saturated carbocycles. The normalized spacial score (nSPS) is 12.4. The molecule has 0 spiro atoms. The van der Waals surface area contributed by atoms with Crippen LogP contribution in [-0.4, -0.2) is 10.5 Å². The molecular weight excluding hydrogens is 328 g/mol. The van der Waals surface area contributed by atoms with Crippen molar-refractivity contribution in [2.45, 2.75) is 39.3 Å². The fourth-order valence-corrected chi connectivity index (χ4v) is 3.14. The molecule has 0 radical (unpaired) electrons. The predicted octanol–water partition coefficient (Wildman–Crippen LogP) is 3.89. The third-order valence-corrected chi connectivity index (χ3v) is 4.38. The number of carbonyl (C=O) groups is 1. The van der Waals surface area contributed by atoms with E-state index in [4.69, 9.17) is 4.42 Å². The van der Waals surface area contributed by atoms with Gasteiger partial charge in [0.05, 0.1) is 11.6 Å². The van der Waals surface area contributed by atoms with E-state index in [2.05, 4.69) is 19.2 Å². The topological polar surface area (TPSA) is 64.2 Å². The Morgan fingerprint density at radius 3 is 2.50 bits per heavy atom. The molecule has 1 N–H and O–H groups in total. The smallest absolute Gasteiger partial charge is 0.408 e. The largest absolute Gasteiger partial charge is 0.419 e. The first kappa shape index (κ1) is 18.0. The molecule has 1 amide bonds. The molecule has 5 heteroatoms. The molecular formula is C21H24N2O3. The average Bonchev–Trinajstić information content (AvgIpc) is 2.95. The van der Waals surface area contributed by atoms with Crippen LogP contribution >= 0.6 is 0 Å². The highest BCUT2D eigenvalue weighted by molar-refractivity contribution is 5.77. The Labute approximate surface area is 152 Å². The zero-order chi connectivity index (χ0) is 18.5. The lowest BCUT2D eigenvalue weighted by Crippen LogP contribution is -2.31. The maximum absolute atomic E-state index is 12.5. The Hall–Kier alpha value is -2.82. The van der Waals surface area contributed by atoms with Gasteiger partial charge < -0.3 is 9.73 Å². The van der Waals surface area contributed by atoms with Crippen molar-refractivity contribution in [3.05, 3.63) is 70.7 Å². The number of para-hydroxylation sites is 2. The fraction of sp³-hybridized carbons (Fsp3) is 0.333. The average molecular weight is 352 g/mol. The molecule has 26 heavy (non-hydrogen) atoms. The Morgan fingerprint density at radius 1 is 1.08 bits per heavy atom. The van der Waals surface area contributed by atoms with E-state index in [1.54, 1.807) is 6.07 Å². The van der Waals surface area contributed by atoms with Gasteiger partial charge in [0.15, 0.2) is 5.58 Å².